The fraction of sp³-hybridized carbons (Fsp3) is 0.389. The normalized spacial score (nSPS) is 14.1. The van der Waals surface area contributed by atoms with E-state index in [0.29, 0.717) is 11.5 Å². The molecule has 1 N–H and O–H groups in total. The molecule has 1 aromatic heterocycles. The average Bonchev–Trinajstić information content (AvgIpc) is 3.09. The highest BCUT2D eigenvalue weighted by Crippen LogP contribution is 2.20. The van der Waals surface area contributed by atoms with Crippen LogP contribution in [0.5, 0.6) is 0 Å². The zero-order valence-electron chi connectivity index (χ0n) is 13.7. The predicted octanol–water partition coefficient (Wildman–Crippen LogP) is 3.20. The quantitative estimate of drug-likeness (QED) is 0.942. The van der Waals surface area contributed by atoms with Crippen LogP contribution < -0.4 is 10.2 Å². The van der Waals surface area contributed by atoms with Crippen molar-refractivity contribution in [1.82, 2.24) is 9.97 Å². The molecule has 1 aromatic carbocycles. The summed E-state index contributed by atoms with van der Waals surface area (Å²) in [6.07, 6.45) is 3.22. The summed E-state index contributed by atoms with van der Waals surface area (Å²) in [5.74, 6) is 1.30. The van der Waals surface area contributed by atoms with Gasteiger partial charge in [-0.1, -0.05) is 25.1 Å². The van der Waals surface area contributed by atoms with Gasteiger partial charge in [0.15, 0.2) is 0 Å². The number of carbonyl (C=O) groups is 1. The molecule has 2 heterocycles. The Kier molecular flexibility index (Phi) is 4.55. The molecule has 0 radical (unpaired) electrons. The van der Waals surface area contributed by atoms with Gasteiger partial charge in [-0.05, 0) is 37.8 Å². The number of anilines is 2. The van der Waals surface area contributed by atoms with Crippen LogP contribution in [0.15, 0.2) is 30.3 Å². The van der Waals surface area contributed by atoms with E-state index in [1.165, 1.54) is 12.8 Å². The topological polar surface area (TPSA) is 58.1 Å². The van der Waals surface area contributed by atoms with Crippen molar-refractivity contribution in [3.05, 3.63) is 47.4 Å². The van der Waals surface area contributed by atoms with Crippen molar-refractivity contribution >= 4 is 17.4 Å². The third kappa shape index (κ3) is 3.50. The van der Waals surface area contributed by atoms with E-state index in [1.807, 2.05) is 31.2 Å². The molecule has 5 heteroatoms. The number of benzene rings is 1. The molecule has 0 aliphatic carbocycles. The average molecular weight is 310 g/mol. The summed E-state index contributed by atoms with van der Waals surface area (Å²) in [6, 6.07) is 9.65. The van der Waals surface area contributed by atoms with Crippen LogP contribution in [0.25, 0.3) is 0 Å². The summed E-state index contributed by atoms with van der Waals surface area (Å²) in [5, 5.41) is 2.98. The Balaban J connectivity index is 1.84. The first kappa shape index (κ1) is 15.5. The number of aromatic nitrogens is 2. The maximum Gasteiger partial charge on any atom is 0.274 e. The molecule has 1 aliphatic rings. The third-order valence-corrected chi connectivity index (χ3v) is 4.13. The molecular weight excluding hydrogens is 288 g/mol. The lowest BCUT2D eigenvalue weighted by atomic mass is 10.1. The summed E-state index contributed by atoms with van der Waals surface area (Å²) < 4.78 is 0. The summed E-state index contributed by atoms with van der Waals surface area (Å²) in [6.45, 7) is 5.90. The Morgan fingerprint density at radius 1 is 1.22 bits per heavy atom. The molecular formula is C18H22N4O. The van der Waals surface area contributed by atoms with Crippen LogP contribution in [-0.2, 0) is 6.42 Å². The first-order chi connectivity index (χ1) is 11.2. The van der Waals surface area contributed by atoms with Crippen LogP contribution in [0.4, 0.5) is 11.5 Å². The Bertz CT molecular complexity index is 708. The number of amides is 1. The second-order valence-corrected chi connectivity index (χ2v) is 5.82. The first-order valence-corrected chi connectivity index (χ1v) is 8.17. The Labute approximate surface area is 136 Å². The highest BCUT2D eigenvalue weighted by molar-refractivity contribution is 6.03. The summed E-state index contributed by atoms with van der Waals surface area (Å²) in [4.78, 5) is 23.6. The number of rotatable bonds is 4. The molecule has 1 aliphatic heterocycles. The van der Waals surface area contributed by atoms with Crippen LogP contribution >= 0.6 is 0 Å². The summed E-state index contributed by atoms with van der Waals surface area (Å²) in [7, 11) is 0. The van der Waals surface area contributed by atoms with Gasteiger partial charge in [-0.3, -0.25) is 4.79 Å². The van der Waals surface area contributed by atoms with Gasteiger partial charge < -0.3 is 10.2 Å². The third-order valence-electron chi connectivity index (χ3n) is 4.13. The van der Waals surface area contributed by atoms with E-state index in [0.717, 1.165) is 36.6 Å². The molecule has 1 saturated heterocycles. The zero-order chi connectivity index (χ0) is 16.2. The van der Waals surface area contributed by atoms with Gasteiger partial charge in [0, 0.05) is 24.8 Å². The minimum atomic E-state index is -0.183. The van der Waals surface area contributed by atoms with E-state index in [4.69, 9.17) is 0 Å². The van der Waals surface area contributed by atoms with Gasteiger partial charge in [-0.2, -0.15) is 0 Å². The molecule has 0 atom stereocenters. The minimum absolute atomic E-state index is 0.183. The maximum absolute atomic E-state index is 12.6. The van der Waals surface area contributed by atoms with Gasteiger partial charge in [0.1, 0.15) is 17.3 Å². The van der Waals surface area contributed by atoms with Crippen LogP contribution in [-0.4, -0.2) is 29.0 Å². The van der Waals surface area contributed by atoms with Crippen molar-refractivity contribution < 1.29 is 4.79 Å². The number of para-hydroxylation sites is 1. The van der Waals surface area contributed by atoms with E-state index in [9.17, 15) is 4.79 Å². The first-order valence-electron chi connectivity index (χ1n) is 8.17. The van der Waals surface area contributed by atoms with Gasteiger partial charge in [0.25, 0.3) is 5.91 Å². The number of hydrogen-bond donors (Lipinski definition) is 1. The van der Waals surface area contributed by atoms with Gasteiger partial charge in [0.05, 0.1) is 0 Å². The number of nitrogens with zero attached hydrogens (tertiary/aromatic N) is 3. The van der Waals surface area contributed by atoms with Gasteiger partial charge in [-0.25, -0.2) is 9.97 Å². The second-order valence-electron chi connectivity index (χ2n) is 5.82. The Morgan fingerprint density at radius 2 is 1.96 bits per heavy atom. The lowest BCUT2D eigenvalue weighted by Gasteiger charge is -2.17. The van der Waals surface area contributed by atoms with E-state index >= 15 is 0 Å². The standard InChI is InChI=1S/C18H22N4O/c1-3-14-8-4-5-9-15(14)21-18(23)16-12-17(20-13(2)19-16)22-10-6-7-11-22/h4-5,8-9,12H,3,6-7,10-11H2,1-2H3,(H,21,23). The molecule has 0 saturated carbocycles. The summed E-state index contributed by atoms with van der Waals surface area (Å²) >= 11 is 0. The van der Waals surface area contributed by atoms with Crippen LogP contribution in [0, 0.1) is 6.92 Å². The number of hydrogen-bond acceptors (Lipinski definition) is 4. The number of carbonyl (C=O) groups excluding carboxylic acids is 1. The number of aryl methyl sites for hydroxylation is 2. The van der Waals surface area contributed by atoms with Crippen LogP contribution in [0.2, 0.25) is 0 Å². The molecule has 1 fully saturated rings. The van der Waals surface area contributed by atoms with Crippen LogP contribution in [0.1, 0.15) is 41.6 Å². The van der Waals surface area contributed by atoms with Crippen molar-refractivity contribution in [3.63, 3.8) is 0 Å². The molecule has 23 heavy (non-hydrogen) atoms. The largest absolute Gasteiger partial charge is 0.356 e. The monoisotopic (exact) mass is 310 g/mol. The van der Waals surface area contributed by atoms with Crippen molar-refractivity contribution in [3.8, 4) is 0 Å². The molecule has 0 unspecified atom stereocenters. The molecule has 0 bridgehead atoms. The molecule has 2 aromatic rings. The predicted molar refractivity (Wildman–Crippen MR) is 92.0 cm³/mol. The molecule has 5 nitrogen and oxygen atoms in total. The van der Waals surface area contributed by atoms with Gasteiger partial charge in [-0.15, -0.1) is 0 Å². The Morgan fingerprint density at radius 3 is 2.70 bits per heavy atom. The lowest BCUT2D eigenvalue weighted by Crippen LogP contribution is -2.22. The van der Waals surface area contributed by atoms with E-state index in [1.54, 1.807) is 6.07 Å². The maximum atomic E-state index is 12.6. The highest BCUT2D eigenvalue weighted by Gasteiger charge is 2.18. The summed E-state index contributed by atoms with van der Waals surface area (Å²) in [5.41, 5.74) is 2.38. The van der Waals surface area contributed by atoms with Crippen molar-refractivity contribution in [2.24, 2.45) is 0 Å². The molecule has 1 amide bonds. The molecule has 120 valence electrons. The molecule has 0 spiro atoms. The zero-order valence-corrected chi connectivity index (χ0v) is 13.7. The van der Waals surface area contributed by atoms with Gasteiger partial charge in [0.2, 0.25) is 0 Å². The smallest absolute Gasteiger partial charge is 0.274 e. The Hall–Kier alpha value is -2.43. The second kappa shape index (κ2) is 6.77. The highest BCUT2D eigenvalue weighted by atomic mass is 16.1. The lowest BCUT2D eigenvalue weighted by molar-refractivity contribution is 0.102. The van der Waals surface area contributed by atoms with Crippen molar-refractivity contribution in [2.45, 2.75) is 33.1 Å². The SMILES string of the molecule is CCc1ccccc1NC(=O)c1cc(N2CCCC2)nc(C)n1. The minimum Gasteiger partial charge on any atom is -0.356 e. The van der Waals surface area contributed by atoms with Crippen molar-refractivity contribution in [2.75, 3.05) is 23.3 Å². The van der Waals surface area contributed by atoms with Crippen molar-refractivity contribution in [1.29, 1.82) is 0 Å². The van der Waals surface area contributed by atoms with E-state index in [-0.39, 0.29) is 5.91 Å². The van der Waals surface area contributed by atoms with Crippen LogP contribution in [0.3, 0.4) is 0 Å². The van der Waals surface area contributed by atoms with E-state index < -0.39 is 0 Å². The van der Waals surface area contributed by atoms with Gasteiger partial charge >= 0.3 is 0 Å². The number of nitrogens with one attached hydrogen (secondary N) is 1. The fourth-order valence-corrected chi connectivity index (χ4v) is 2.91. The molecule has 3 rings (SSSR count). The van der Waals surface area contributed by atoms with E-state index in [2.05, 4.69) is 27.1 Å². The fourth-order valence-electron chi connectivity index (χ4n) is 2.91.